The van der Waals surface area contributed by atoms with Crippen LogP contribution in [0.5, 0.6) is 0 Å². The number of hydrogen-bond acceptors (Lipinski definition) is 4. The van der Waals surface area contributed by atoms with E-state index in [2.05, 4.69) is 45.0 Å². The van der Waals surface area contributed by atoms with Crippen molar-refractivity contribution in [3.8, 4) is 0 Å². The Morgan fingerprint density at radius 3 is 2.71 bits per heavy atom. The molecule has 0 N–H and O–H groups in total. The van der Waals surface area contributed by atoms with Gasteiger partial charge in [0.2, 0.25) is 0 Å². The SMILES string of the molecule is Cc1nn(C[C@H](C)c2nc3c4ccccc4ncn3n2)c(C)c1Br. The first kappa shape index (κ1) is 15.3. The normalized spacial score (nSPS) is 13.0. The Labute approximate surface area is 147 Å². The van der Waals surface area contributed by atoms with Crippen LogP contribution in [-0.4, -0.2) is 29.4 Å². The highest BCUT2D eigenvalue weighted by Crippen LogP contribution is 2.23. The first-order valence-corrected chi connectivity index (χ1v) is 8.63. The maximum absolute atomic E-state index is 4.75. The maximum atomic E-state index is 4.75. The topological polar surface area (TPSA) is 60.9 Å². The molecule has 6 nitrogen and oxygen atoms in total. The monoisotopic (exact) mass is 384 g/mol. The molecule has 0 spiro atoms. The molecular formula is C17H17BrN6. The molecule has 1 atom stereocenters. The molecule has 4 rings (SSSR count). The summed E-state index contributed by atoms with van der Waals surface area (Å²) in [6.07, 6.45) is 1.72. The minimum atomic E-state index is 0.147. The third-order valence-corrected chi connectivity index (χ3v) is 5.43. The van der Waals surface area contributed by atoms with Gasteiger partial charge in [0.1, 0.15) is 6.33 Å². The van der Waals surface area contributed by atoms with Gasteiger partial charge in [-0.1, -0.05) is 19.1 Å². The van der Waals surface area contributed by atoms with Gasteiger partial charge in [-0.2, -0.15) is 5.10 Å². The van der Waals surface area contributed by atoms with E-state index in [0.717, 1.165) is 44.8 Å². The van der Waals surface area contributed by atoms with Crippen LogP contribution in [0.15, 0.2) is 35.1 Å². The summed E-state index contributed by atoms with van der Waals surface area (Å²) in [5.41, 5.74) is 3.89. The van der Waals surface area contributed by atoms with Crippen LogP contribution < -0.4 is 0 Å². The van der Waals surface area contributed by atoms with Crippen LogP contribution in [0.3, 0.4) is 0 Å². The van der Waals surface area contributed by atoms with Gasteiger partial charge in [-0.15, -0.1) is 5.10 Å². The van der Waals surface area contributed by atoms with Gasteiger partial charge in [0.25, 0.3) is 0 Å². The Hall–Kier alpha value is -2.28. The van der Waals surface area contributed by atoms with E-state index in [1.165, 1.54) is 0 Å². The van der Waals surface area contributed by atoms with Crippen molar-refractivity contribution < 1.29 is 0 Å². The zero-order chi connectivity index (χ0) is 16.8. The van der Waals surface area contributed by atoms with E-state index >= 15 is 0 Å². The summed E-state index contributed by atoms with van der Waals surface area (Å²) in [6.45, 7) is 6.92. The fourth-order valence-electron chi connectivity index (χ4n) is 2.90. The van der Waals surface area contributed by atoms with Crippen LogP contribution in [0.2, 0.25) is 0 Å². The fraction of sp³-hybridized carbons (Fsp3) is 0.294. The molecule has 0 radical (unpaired) electrons. The molecule has 0 saturated carbocycles. The molecule has 3 aromatic heterocycles. The summed E-state index contributed by atoms with van der Waals surface area (Å²) in [6, 6.07) is 7.99. The number of nitrogens with zero attached hydrogens (tertiary/aromatic N) is 6. The smallest absolute Gasteiger partial charge is 0.166 e. The highest BCUT2D eigenvalue weighted by molar-refractivity contribution is 9.10. The van der Waals surface area contributed by atoms with Crippen molar-refractivity contribution in [2.24, 2.45) is 0 Å². The largest absolute Gasteiger partial charge is 0.268 e. The Bertz CT molecular complexity index is 1050. The third-order valence-electron chi connectivity index (χ3n) is 4.28. The molecule has 122 valence electrons. The Morgan fingerprint density at radius 1 is 1.17 bits per heavy atom. The van der Waals surface area contributed by atoms with E-state index < -0.39 is 0 Å². The zero-order valence-electron chi connectivity index (χ0n) is 13.7. The first-order valence-electron chi connectivity index (χ1n) is 7.84. The maximum Gasteiger partial charge on any atom is 0.166 e. The summed E-state index contributed by atoms with van der Waals surface area (Å²) >= 11 is 3.57. The second kappa shape index (κ2) is 5.66. The average Bonchev–Trinajstić information content (AvgIpc) is 3.13. The lowest BCUT2D eigenvalue weighted by molar-refractivity contribution is 0.512. The van der Waals surface area contributed by atoms with Crippen LogP contribution in [-0.2, 0) is 6.54 Å². The van der Waals surface area contributed by atoms with E-state index in [1.54, 1.807) is 10.8 Å². The predicted molar refractivity (Wildman–Crippen MR) is 96.1 cm³/mol. The summed E-state index contributed by atoms with van der Waals surface area (Å²) in [7, 11) is 0. The molecule has 0 aliphatic rings. The lowest BCUT2D eigenvalue weighted by Crippen LogP contribution is -2.10. The molecule has 0 unspecified atom stereocenters. The predicted octanol–water partition coefficient (Wildman–Crippen LogP) is 3.66. The number of para-hydroxylation sites is 1. The highest BCUT2D eigenvalue weighted by atomic mass is 79.9. The average molecular weight is 385 g/mol. The molecule has 0 saturated heterocycles. The van der Waals surface area contributed by atoms with Crippen LogP contribution in [0.25, 0.3) is 16.6 Å². The van der Waals surface area contributed by atoms with E-state index in [9.17, 15) is 0 Å². The summed E-state index contributed by atoms with van der Waals surface area (Å²) in [5.74, 6) is 0.949. The van der Waals surface area contributed by atoms with E-state index in [4.69, 9.17) is 4.98 Å². The number of aromatic nitrogens is 6. The zero-order valence-corrected chi connectivity index (χ0v) is 15.3. The van der Waals surface area contributed by atoms with Crippen molar-refractivity contribution in [2.45, 2.75) is 33.2 Å². The second-order valence-corrected chi connectivity index (χ2v) is 6.86. The lowest BCUT2D eigenvalue weighted by Gasteiger charge is -2.09. The van der Waals surface area contributed by atoms with Gasteiger partial charge in [0, 0.05) is 17.0 Å². The van der Waals surface area contributed by atoms with Crippen molar-refractivity contribution in [3.05, 3.63) is 52.3 Å². The van der Waals surface area contributed by atoms with Gasteiger partial charge in [0.15, 0.2) is 11.5 Å². The summed E-state index contributed by atoms with van der Waals surface area (Å²) in [5, 5.41) is 10.2. The molecule has 7 heteroatoms. The minimum absolute atomic E-state index is 0.147. The van der Waals surface area contributed by atoms with Crippen molar-refractivity contribution in [1.29, 1.82) is 0 Å². The number of rotatable bonds is 3. The van der Waals surface area contributed by atoms with Crippen molar-refractivity contribution in [3.63, 3.8) is 0 Å². The molecule has 0 bridgehead atoms. The lowest BCUT2D eigenvalue weighted by atomic mass is 10.1. The van der Waals surface area contributed by atoms with E-state index in [1.807, 2.05) is 35.9 Å². The van der Waals surface area contributed by atoms with E-state index in [0.29, 0.717) is 0 Å². The molecule has 0 fully saturated rings. The van der Waals surface area contributed by atoms with E-state index in [-0.39, 0.29) is 5.92 Å². The molecule has 24 heavy (non-hydrogen) atoms. The number of fused-ring (bicyclic) bond motifs is 3. The number of halogens is 1. The number of benzene rings is 1. The van der Waals surface area contributed by atoms with Crippen LogP contribution in [0, 0.1) is 13.8 Å². The molecular weight excluding hydrogens is 368 g/mol. The standard InChI is InChI=1S/C17H17BrN6/c1-10(8-23-12(3)15(18)11(2)21-23)16-20-17-13-6-4-5-7-14(13)19-9-24(17)22-16/h4-7,9-10H,8H2,1-3H3/t10-/m0/s1. The molecule has 1 aromatic carbocycles. The Kier molecular flexibility index (Phi) is 3.60. The van der Waals surface area contributed by atoms with Gasteiger partial charge in [-0.05, 0) is 41.9 Å². The third kappa shape index (κ3) is 2.39. The number of hydrogen-bond donors (Lipinski definition) is 0. The molecule has 3 heterocycles. The second-order valence-electron chi connectivity index (χ2n) is 6.07. The molecule has 0 amide bonds. The molecule has 4 aromatic rings. The van der Waals surface area contributed by atoms with Gasteiger partial charge in [0.05, 0.1) is 22.2 Å². The Morgan fingerprint density at radius 2 is 1.96 bits per heavy atom. The quantitative estimate of drug-likeness (QED) is 0.540. The van der Waals surface area contributed by atoms with Crippen molar-refractivity contribution in [2.75, 3.05) is 0 Å². The van der Waals surface area contributed by atoms with Gasteiger partial charge in [-0.3, -0.25) is 4.68 Å². The van der Waals surface area contributed by atoms with Crippen LogP contribution in [0.1, 0.15) is 30.1 Å². The molecule has 0 aliphatic heterocycles. The number of aryl methyl sites for hydroxylation is 1. The van der Waals surface area contributed by atoms with Crippen molar-refractivity contribution >= 4 is 32.5 Å². The van der Waals surface area contributed by atoms with Crippen molar-refractivity contribution in [1.82, 2.24) is 29.4 Å². The summed E-state index contributed by atoms with van der Waals surface area (Å²) in [4.78, 5) is 9.19. The highest BCUT2D eigenvalue weighted by Gasteiger charge is 2.17. The first-order chi connectivity index (χ1) is 11.5. The van der Waals surface area contributed by atoms with Gasteiger partial charge >= 0.3 is 0 Å². The Balaban J connectivity index is 1.73. The minimum Gasteiger partial charge on any atom is -0.268 e. The molecule has 0 aliphatic carbocycles. The van der Waals surface area contributed by atoms with Crippen LogP contribution >= 0.6 is 15.9 Å². The van der Waals surface area contributed by atoms with Crippen LogP contribution in [0.4, 0.5) is 0 Å². The summed E-state index contributed by atoms with van der Waals surface area (Å²) < 4.78 is 4.82. The van der Waals surface area contributed by atoms with Gasteiger partial charge in [-0.25, -0.2) is 14.5 Å². The van der Waals surface area contributed by atoms with Gasteiger partial charge < -0.3 is 0 Å². The fourth-order valence-corrected chi connectivity index (χ4v) is 3.18.